The van der Waals surface area contributed by atoms with Gasteiger partial charge in [0, 0.05) is 132 Å². The first kappa shape index (κ1) is 118. The molecular formula is C94H114Cl6N24O10S6. The first-order valence-electron chi connectivity index (χ1n) is 43.8. The maximum absolute atomic E-state index is 12.5. The van der Waals surface area contributed by atoms with Crippen LogP contribution in [0.5, 0.6) is 0 Å². The smallest absolute Gasteiger partial charge is 0.306 e. The third-order valence-electron chi connectivity index (χ3n) is 18.9. The molecule has 140 heavy (non-hydrogen) atoms. The van der Waals surface area contributed by atoms with Crippen molar-refractivity contribution >= 4 is 216 Å². The minimum atomic E-state index is -0.249. The van der Waals surface area contributed by atoms with Gasteiger partial charge in [0.15, 0.2) is 30.9 Å². The van der Waals surface area contributed by atoms with Crippen LogP contribution in [0.3, 0.4) is 0 Å². The molecule has 12 heterocycles. The Balaban J connectivity index is 0.000000257. The summed E-state index contributed by atoms with van der Waals surface area (Å²) in [5.74, 6) is 11.3. The van der Waals surface area contributed by atoms with Gasteiger partial charge in [-0.05, 0) is 133 Å². The number of ether oxygens (including phenoxy) is 2. The number of esters is 1. The summed E-state index contributed by atoms with van der Waals surface area (Å²) in [4.78, 5) is 120. The van der Waals surface area contributed by atoms with Crippen molar-refractivity contribution in [2.75, 3.05) is 158 Å². The van der Waals surface area contributed by atoms with Gasteiger partial charge < -0.3 is 44.0 Å². The van der Waals surface area contributed by atoms with Crippen molar-refractivity contribution in [2.45, 2.75) is 94.9 Å². The van der Waals surface area contributed by atoms with Gasteiger partial charge in [0.05, 0.1) is 163 Å². The Bertz CT molecular complexity index is 5710. The van der Waals surface area contributed by atoms with Crippen molar-refractivity contribution in [3.05, 3.63) is 215 Å². The highest BCUT2D eigenvalue weighted by atomic mass is 35.5. The maximum atomic E-state index is 12.5. The lowest BCUT2D eigenvalue weighted by Crippen LogP contribution is -2.32. The van der Waals surface area contributed by atoms with Crippen molar-refractivity contribution < 1.29 is 48.1 Å². The van der Waals surface area contributed by atoms with Crippen LogP contribution in [0, 0.1) is 24.7 Å². The predicted molar refractivity (Wildman–Crippen MR) is 574 cm³/mol. The molecule has 0 aliphatic heterocycles. The molecule has 0 unspecified atom stereocenters. The lowest BCUT2D eigenvalue weighted by Gasteiger charge is -2.19. The fourth-order valence-corrected chi connectivity index (χ4v) is 17.7. The zero-order valence-corrected chi connectivity index (χ0v) is 87.7. The molecule has 0 aliphatic carbocycles. The normalized spacial score (nSPS) is 10.5. The number of rotatable bonds is 45. The Morgan fingerprint density at radius 3 is 0.843 bits per heavy atom. The molecule has 0 radical (unpaired) electrons. The van der Waals surface area contributed by atoms with Gasteiger partial charge in [0.2, 0.25) is 35.4 Å². The van der Waals surface area contributed by atoms with Gasteiger partial charge in [-0.15, -0.1) is 48.1 Å². The molecule has 0 aliphatic rings. The summed E-state index contributed by atoms with van der Waals surface area (Å²) in [6, 6.07) is 22.1. The van der Waals surface area contributed by atoms with Crippen molar-refractivity contribution in [1.82, 2.24) is 88.6 Å². The average Bonchev–Trinajstić information content (AvgIpc) is 1.70. The molecule has 0 spiro atoms. The molecule has 0 bridgehead atoms. The Labute approximate surface area is 872 Å². The van der Waals surface area contributed by atoms with Gasteiger partial charge in [-0.3, -0.25) is 63.5 Å². The monoisotopic (exact) mass is 2140 g/mol. The molecule has 46 heteroatoms. The van der Waals surface area contributed by atoms with Gasteiger partial charge >= 0.3 is 5.97 Å². The number of hydrogen-bond donors (Lipinski definition) is 1. The third-order valence-corrected chi connectivity index (χ3v) is 25.9. The SMILES string of the molecule is C.C#CCSCC(=O)N(CC)c1cn(-c2cccnc2)nc1Cl.C#CCSCCC(=O)N(CC)c1cn(-c2cccnc2)nc1Cl.CCCSCC(=O)N(CC)c1cn(-c2cccnc2)nc1Cl.CCN(C(=O)CCSCCOC)c1cn(-c2cccnc2)nc1Cl.CCN(C(=O)CCSCO)c1cn(-c2cccnc2)nc1Cl.CCOC(=O)CCSCC(=O)N(CC)c1cn(-c2cccnc2)nc1Cl. The number of terminal acetylenes is 2. The number of methoxy groups -OCH3 is 1. The highest BCUT2D eigenvalue weighted by molar-refractivity contribution is 8.00. The molecule has 12 rings (SSSR count). The van der Waals surface area contributed by atoms with Gasteiger partial charge in [-0.1, -0.05) is 95.8 Å². The van der Waals surface area contributed by atoms with E-state index in [1.807, 2.05) is 102 Å². The highest BCUT2D eigenvalue weighted by Crippen LogP contribution is 2.34. The second kappa shape index (κ2) is 66.2. The van der Waals surface area contributed by atoms with Gasteiger partial charge in [-0.25, -0.2) is 28.1 Å². The van der Waals surface area contributed by atoms with E-state index in [2.05, 4.69) is 79.3 Å². The number of carbonyl (C=O) groups is 7. The number of hydrogen-bond acceptors (Lipinski definition) is 28. The molecule has 12 aromatic rings. The summed E-state index contributed by atoms with van der Waals surface area (Å²) in [7, 11) is 1.67. The van der Waals surface area contributed by atoms with Crippen molar-refractivity contribution in [3.63, 3.8) is 0 Å². The quantitative estimate of drug-likeness (QED) is 0.0160. The molecule has 0 saturated heterocycles. The van der Waals surface area contributed by atoms with Crippen LogP contribution in [-0.2, 0) is 43.0 Å². The molecule has 0 saturated carbocycles. The van der Waals surface area contributed by atoms with E-state index in [1.165, 1.54) is 35.3 Å². The zero-order valence-electron chi connectivity index (χ0n) is 78.2. The topological polar surface area (TPSA) is 362 Å². The lowest BCUT2D eigenvalue weighted by molar-refractivity contribution is -0.142. The predicted octanol–water partition coefficient (Wildman–Crippen LogP) is 18.1. The van der Waals surface area contributed by atoms with Crippen LogP contribution in [0.1, 0.15) is 94.9 Å². The molecule has 1 N–H and O–H groups in total. The van der Waals surface area contributed by atoms with Crippen LogP contribution in [-0.4, -0.2) is 264 Å². The van der Waals surface area contributed by atoms with E-state index in [0.29, 0.717) is 162 Å². The third kappa shape index (κ3) is 38.0. The average molecular weight is 2150 g/mol. The van der Waals surface area contributed by atoms with Crippen LogP contribution < -0.4 is 29.4 Å². The second-order valence-corrected chi connectivity index (χ2v) is 36.8. The Morgan fingerprint density at radius 2 is 0.600 bits per heavy atom. The summed E-state index contributed by atoms with van der Waals surface area (Å²) in [6.07, 6.45) is 43.6. The van der Waals surface area contributed by atoms with Gasteiger partial charge in [0.1, 0.15) is 34.1 Å². The van der Waals surface area contributed by atoms with Crippen molar-refractivity contribution in [2.24, 2.45) is 0 Å². The fourth-order valence-electron chi connectivity index (χ4n) is 12.4. The van der Waals surface area contributed by atoms with E-state index in [4.69, 9.17) is 97.0 Å². The first-order valence-corrected chi connectivity index (χ1v) is 53.0. The number of carbonyl (C=O) groups excluding carboxylic acids is 7. The van der Waals surface area contributed by atoms with Crippen molar-refractivity contribution in [1.29, 1.82) is 0 Å². The molecule has 6 amide bonds. The maximum Gasteiger partial charge on any atom is 0.306 e. The Kier molecular flexibility index (Phi) is 55.8. The van der Waals surface area contributed by atoms with Crippen LogP contribution in [0.25, 0.3) is 34.1 Å². The van der Waals surface area contributed by atoms with Crippen LogP contribution in [0.2, 0.25) is 30.9 Å². The van der Waals surface area contributed by atoms with Gasteiger partial charge in [-0.2, -0.15) is 65.9 Å². The number of thioether (sulfide) groups is 6. The first-order chi connectivity index (χ1) is 67.4. The molecule has 0 fully saturated rings. The summed E-state index contributed by atoms with van der Waals surface area (Å²) in [6.45, 7) is 19.4. The van der Waals surface area contributed by atoms with E-state index in [1.54, 1.807) is 230 Å². The molecule has 34 nitrogen and oxygen atoms in total. The molecule has 12 aromatic heterocycles. The number of aromatic nitrogens is 18. The number of nitrogens with zero attached hydrogens (tertiary/aromatic N) is 24. The number of amides is 6. The number of halogens is 6. The van der Waals surface area contributed by atoms with Crippen LogP contribution >= 0.6 is 140 Å². The zero-order chi connectivity index (χ0) is 101. The number of aliphatic hydroxyl groups is 1. The van der Waals surface area contributed by atoms with E-state index in [0.717, 1.165) is 57.8 Å². The Morgan fingerprint density at radius 1 is 0.350 bits per heavy atom. The minimum Gasteiger partial charge on any atom is -0.466 e. The van der Waals surface area contributed by atoms with Gasteiger partial charge in [0.25, 0.3) is 0 Å². The largest absolute Gasteiger partial charge is 0.466 e. The summed E-state index contributed by atoms with van der Waals surface area (Å²) in [5, 5.41) is 36.0. The molecule has 748 valence electrons. The second-order valence-electron chi connectivity index (χ2n) is 28.1. The highest BCUT2D eigenvalue weighted by Gasteiger charge is 2.28. The lowest BCUT2D eigenvalue weighted by atomic mass is 10.3. The van der Waals surface area contributed by atoms with Crippen LogP contribution in [0.4, 0.5) is 34.1 Å². The number of anilines is 6. The van der Waals surface area contributed by atoms with E-state index < -0.39 is 0 Å². The standard InChI is InChI=1S/C17H21ClN4O3S.C16H21ClN4O2S.C16H17ClN4OS.C15H19ClN4OS.C15H15ClN4OS.C14H17ClN4O2S.CH4/c1-3-21(15(23)12-26-9-7-16(24)25-4-2)14-11-22(20-17(14)18)13-6-5-8-19-10-13;1-3-20(15(22)6-9-24-10-8-23-2)14-12-21(19-16(14)17)13-5-4-7-18-11-13;1-3-9-23-10-7-15(22)20(4-2)14-12-21(19-16(14)17)13-6-5-8-18-11-13;2*1-3-8-22-11-14(21)19(4-2)13-10-20(18-15(13)16)12-6-5-7-17-9-12;1-2-18(13(21)5-7-22-10-20)12-9-19(17-14(12)15)11-4-3-6-16-8-11;/h5-6,8,10-11H,3-4,7,9,12H2,1-2H3;4-5,7,11-12H,3,6,8-10H2,1-2H3;1,5-6,8,11-12H,4,7,9-10H2,2H3;5-7,9-10H,3-4,8,11H2,1-2H3;1,5-7,9-10H,4,8,11H2,2H3;3-4,6,8-9,20H,2,5,7,10H2,1H3;1H4. The molecule has 0 aromatic carbocycles. The number of aliphatic hydroxyl groups excluding tert-OH is 1. The number of pyridine rings is 6. The summed E-state index contributed by atoms with van der Waals surface area (Å²) < 4.78 is 19.6. The summed E-state index contributed by atoms with van der Waals surface area (Å²) >= 11 is 46.3. The fraction of sp³-hybridized carbons (Fsp3) is 0.372. The van der Waals surface area contributed by atoms with E-state index in [-0.39, 0.29) is 82.4 Å². The molecular weight excluding hydrogens is 2030 g/mol. The molecule has 0 atom stereocenters. The van der Waals surface area contributed by atoms with Crippen molar-refractivity contribution in [3.8, 4) is 58.8 Å². The minimum absolute atomic E-state index is 0. The van der Waals surface area contributed by atoms with Crippen LogP contribution in [0.15, 0.2) is 184 Å². The van der Waals surface area contributed by atoms with E-state index >= 15 is 0 Å². The van der Waals surface area contributed by atoms with E-state index in [9.17, 15) is 33.6 Å². The summed E-state index contributed by atoms with van der Waals surface area (Å²) in [5.41, 5.74) is 8.26. The Hall–Kier alpha value is -10.7.